The number of hydrogen-bond donors (Lipinski definition) is 1. The molecule has 0 saturated carbocycles. The Labute approximate surface area is 115 Å². The van der Waals surface area contributed by atoms with Crippen molar-refractivity contribution in [1.82, 2.24) is 0 Å². The second-order valence-corrected chi connectivity index (χ2v) is 4.20. The molecule has 2 rings (SSSR count). The molecule has 1 aliphatic heterocycles. The zero-order chi connectivity index (χ0) is 15.1. The average molecular weight is 281 g/mol. The number of unbranched alkanes of at least 4 members (excludes halogenated alkanes) is 1. The standard InChI is InChI=1S/C8H5NO4.C5H10O2/c10-8-4-5-3-6(9(11)12)1-2-7(5)13-8;1-2-3-4-5(6)7/h1-3H,4H2;2-4H2,1H3,(H,6,7). The number of carboxylic acids is 1. The fraction of sp³-hybridized carbons (Fsp3) is 0.385. The molecule has 0 radical (unpaired) electrons. The Morgan fingerprint density at radius 1 is 1.50 bits per heavy atom. The normalized spacial score (nSPS) is 11.9. The molecule has 7 heteroatoms. The zero-order valence-electron chi connectivity index (χ0n) is 11.0. The van der Waals surface area contributed by atoms with Crippen LogP contribution in [0.25, 0.3) is 0 Å². The van der Waals surface area contributed by atoms with E-state index in [0.717, 1.165) is 12.8 Å². The van der Waals surface area contributed by atoms with Crippen LogP contribution in [0.2, 0.25) is 0 Å². The number of benzene rings is 1. The molecule has 1 N–H and O–H groups in total. The molecular formula is C13H15NO6. The first-order valence-corrected chi connectivity index (χ1v) is 6.13. The minimum absolute atomic E-state index is 0.0166. The number of hydrogen-bond acceptors (Lipinski definition) is 5. The Hall–Kier alpha value is -2.44. The number of carbonyl (C=O) groups excluding carboxylic acids is 1. The quantitative estimate of drug-likeness (QED) is 0.393. The van der Waals surface area contributed by atoms with E-state index in [1.165, 1.54) is 18.2 Å². The fourth-order valence-corrected chi connectivity index (χ4v) is 1.56. The van der Waals surface area contributed by atoms with Gasteiger partial charge in [0, 0.05) is 24.1 Å². The van der Waals surface area contributed by atoms with E-state index in [4.69, 9.17) is 9.84 Å². The van der Waals surface area contributed by atoms with Crippen LogP contribution in [0.15, 0.2) is 18.2 Å². The van der Waals surface area contributed by atoms with Crippen molar-refractivity contribution < 1.29 is 24.4 Å². The number of nitro benzene ring substituents is 1. The Kier molecular flexibility index (Phi) is 5.64. The third-order valence-corrected chi connectivity index (χ3v) is 2.56. The summed E-state index contributed by atoms with van der Waals surface area (Å²) in [4.78, 5) is 30.4. The van der Waals surface area contributed by atoms with Gasteiger partial charge in [-0.15, -0.1) is 0 Å². The van der Waals surface area contributed by atoms with E-state index in [1.807, 2.05) is 6.92 Å². The number of non-ortho nitro benzene ring substituents is 1. The molecule has 0 amide bonds. The number of esters is 1. The molecule has 20 heavy (non-hydrogen) atoms. The number of fused-ring (bicyclic) bond motifs is 1. The molecule has 0 fully saturated rings. The van der Waals surface area contributed by atoms with Crippen molar-refractivity contribution in [3.63, 3.8) is 0 Å². The van der Waals surface area contributed by atoms with Crippen LogP contribution in [0.1, 0.15) is 31.7 Å². The van der Waals surface area contributed by atoms with Crippen LogP contribution in [0.4, 0.5) is 5.69 Å². The van der Waals surface area contributed by atoms with Gasteiger partial charge >= 0.3 is 11.9 Å². The average Bonchev–Trinajstić information content (AvgIpc) is 2.75. The maximum atomic E-state index is 10.8. The first-order chi connectivity index (χ1) is 9.43. The van der Waals surface area contributed by atoms with Crippen molar-refractivity contribution in [2.45, 2.75) is 32.6 Å². The first kappa shape index (κ1) is 15.6. The molecule has 1 aromatic rings. The lowest BCUT2D eigenvalue weighted by atomic mass is 10.1. The van der Waals surface area contributed by atoms with Gasteiger partial charge in [-0.25, -0.2) is 0 Å². The zero-order valence-corrected chi connectivity index (χ0v) is 11.0. The van der Waals surface area contributed by atoms with Crippen molar-refractivity contribution in [3.05, 3.63) is 33.9 Å². The summed E-state index contributed by atoms with van der Waals surface area (Å²) >= 11 is 0. The lowest BCUT2D eigenvalue weighted by Gasteiger charge is -1.95. The van der Waals surface area contributed by atoms with Gasteiger partial charge in [-0.1, -0.05) is 13.3 Å². The number of aliphatic carboxylic acids is 1. The molecule has 0 spiro atoms. The van der Waals surface area contributed by atoms with E-state index in [1.54, 1.807) is 0 Å². The second-order valence-electron chi connectivity index (χ2n) is 4.20. The molecule has 1 aromatic carbocycles. The van der Waals surface area contributed by atoms with E-state index in [0.29, 0.717) is 17.7 Å². The maximum Gasteiger partial charge on any atom is 0.315 e. The number of carboxylic acid groups (broad SMARTS) is 1. The summed E-state index contributed by atoms with van der Waals surface area (Å²) in [6.45, 7) is 1.98. The molecule has 108 valence electrons. The Balaban J connectivity index is 0.000000246. The van der Waals surface area contributed by atoms with Gasteiger partial charge in [0.25, 0.3) is 5.69 Å². The molecule has 0 saturated heterocycles. The van der Waals surface area contributed by atoms with Gasteiger partial charge in [-0.2, -0.15) is 0 Å². The van der Waals surface area contributed by atoms with E-state index >= 15 is 0 Å². The van der Waals surface area contributed by atoms with Gasteiger partial charge in [-0.05, 0) is 12.5 Å². The summed E-state index contributed by atoms with van der Waals surface area (Å²) in [6.07, 6.45) is 2.20. The first-order valence-electron chi connectivity index (χ1n) is 6.13. The summed E-state index contributed by atoms with van der Waals surface area (Å²) < 4.78 is 4.78. The van der Waals surface area contributed by atoms with E-state index in [2.05, 4.69) is 0 Å². The predicted molar refractivity (Wildman–Crippen MR) is 69.6 cm³/mol. The number of carbonyl (C=O) groups is 2. The monoisotopic (exact) mass is 281 g/mol. The highest BCUT2D eigenvalue weighted by atomic mass is 16.6. The second kappa shape index (κ2) is 7.22. The molecular weight excluding hydrogens is 266 g/mol. The minimum atomic E-state index is -0.693. The Morgan fingerprint density at radius 2 is 2.20 bits per heavy atom. The van der Waals surface area contributed by atoms with Crippen LogP contribution < -0.4 is 4.74 Å². The SMILES string of the molecule is CCCCC(=O)O.O=C1Cc2cc([N+](=O)[O-])ccc2O1. The summed E-state index contributed by atoms with van der Waals surface area (Å²) in [7, 11) is 0. The fourth-order valence-electron chi connectivity index (χ4n) is 1.56. The lowest BCUT2D eigenvalue weighted by molar-refractivity contribution is -0.384. The van der Waals surface area contributed by atoms with E-state index < -0.39 is 10.9 Å². The van der Waals surface area contributed by atoms with Gasteiger partial charge in [0.1, 0.15) is 5.75 Å². The summed E-state index contributed by atoms with van der Waals surface area (Å²) in [6, 6.07) is 4.12. The molecule has 0 unspecified atom stereocenters. The lowest BCUT2D eigenvalue weighted by Crippen LogP contribution is -2.00. The molecule has 0 aromatic heterocycles. The molecule has 0 atom stereocenters. The summed E-state index contributed by atoms with van der Waals surface area (Å²) in [5.41, 5.74) is 0.566. The summed E-state index contributed by atoms with van der Waals surface area (Å²) in [5, 5.41) is 18.4. The highest BCUT2D eigenvalue weighted by Crippen LogP contribution is 2.29. The smallest absolute Gasteiger partial charge is 0.315 e. The topological polar surface area (TPSA) is 107 Å². The number of nitrogens with zero attached hydrogens (tertiary/aromatic N) is 1. The maximum absolute atomic E-state index is 10.8. The minimum Gasteiger partial charge on any atom is -0.481 e. The van der Waals surface area contributed by atoms with Crippen LogP contribution in [0.3, 0.4) is 0 Å². The van der Waals surface area contributed by atoms with Crippen LogP contribution in [-0.2, 0) is 16.0 Å². The molecule has 0 bridgehead atoms. The number of rotatable bonds is 4. The third kappa shape index (κ3) is 4.68. The molecule has 1 heterocycles. The Bertz CT molecular complexity index is 526. The van der Waals surface area contributed by atoms with Gasteiger partial charge < -0.3 is 9.84 Å². The van der Waals surface area contributed by atoms with Gasteiger partial charge in [0.05, 0.1) is 11.3 Å². The van der Waals surface area contributed by atoms with Crippen LogP contribution in [0, 0.1) is 10.1 Å². The van der Waals surface area contributed by atoms with Crippen LogP contribution in [0.5, 0.6) is 5.75 Å². The van der Waals surface area contributed by atoms with Crippen molar-refractivity contribution in [3.8, 4) is 5.75 Å². The molecule has 1 aliphatic rings. The van der Waals surface area contributed by atoms with Crippen molar-refractivity contribution >= 4 is 17.6 Å². The highest BCUT2D eigenvalue weighted by molar-refractivity contribution is 5.81. The highest BCUT2D eigenvalue weighted by Gasteiger charge is 2.22. The number of ether oxygens (including phenoxy) is 1. The van der Waals surface area contributed by atoms with Gasteiger partial charge in [-0.3, -0.25) is 19.7 Å². The van der Waals surface area contributed by atoms with Gasteiger partial charge in [0.2, 0.25) is 0 Å². The van der Waals surface area contributed by atoms with Crippen LogP contribution >= 0.6 is 0 Å². The Morgan fingerprint density at radius 3 is 2.70 bits per heavy atom. The summed E-state index contributed by atoms with van der Waals surface area (Å²) in [5.74, 6) is -0.632. The van der Waals surface area contributed by atoms with Gasteiger partial charge in [0.15, 0.2) is 0 Å². The van der Waals surface area contributed by atoms with E-state index in [9.17, 15) is 19.7 Å². The van der Waals surface area contributed by atoms with Crippen molar-refractivity contribution in [1.29, 1.82) is 0 Å². The third-order valence-electron chi connectivity index (χ3n) is 2.56. The molecule has 0 aliphatic carbocycles. The molecule has 7 nitrogen and oxygen atoms in total. The van der Waals surface area contributed by atoms with Crippen molar-refractivity contribution in [2.24, 2.45) is 0 Å². The van der Waals surface area contributed by atoms with E-state index in [-0.39, 0.29) is 18.1 Å². The van der Waals surface area contributed by atoms with Crippen molar-refractivity contribution in [2.75, 3.05) is 0 Å². The predicted octanol–water partition coefficient (Wildman–Crippen LogP) is 2.32. The van der Waals surface area contributed by atoms with Crippen LogP contribution in [-0.4, -0.2) is 22.0 Å². The largest absolute Gasteiger partial charge is 0.481 e. The number of nitro groups is 1.